The summed E-state index contributed by atoms with van der Waals surface area (Å²) >= 11 is 11.5. The minimum Gasteiger partial charge on any atom is -0.480 e. The van der Waals surface area contributed by atoms with Gasteiger partial charge < -0.3 is 9.52 Å². The molecule has 2 heterocycles. The van der Waals surface area contributed by atoms with Gasteiger partial charge in [-0.05, 0) is 55.2 Å². The Labute approximate surface area is 191 Å². The largest absolute Gasteiger partial charge is 0.480 e. The van der Waals surface area contributed by atoms with Crippen LogP contribution >= 0.6 is 51.7 Å². The molecule has 1 aliphatic rings. The second-order valence-corrected chi connectivity index (χ2v) is 9.89. The van der Waals surface area contributed by atoms with Crippen LogP contribution in [0.5, 0.6) is 0 Å². The van der Waals surface area contributed by atoms with Gasteiger partial charge >= 0.3 is 5.97 Å². The Morgan fingerprint density at radius 3 is 2.83 bits per heavy atom. The van der Waals surface area contributed by atoms with E-state index in [9.17, 15) is 14.7 Å². The third kappa shape index (κ3) is 4.96. The highest BCUT2D eigenvalue weighted by Gasteiger charge is 2.40. The molecule has 0 bridgehead atoms. The fraction of sp³-hybridized carbons (Fsp3) is 0.250. The number of halogens is 1. The molecule has 0 radical (unpaired) electrons. The number of amides is 1. The number of benzene rings is 1. The van der Waals surface area contributed by atoms with E-state index in [-0.39, 0.29) is 4.32 Å². The van der Waals surface area contributed by atoms with Gasteiger partial charge in [-0.2, -0.15) is 11.8 Å². The van der Waals surface area contributed by atoms with E-state index in [0.717, 1.165) is 27.4 Å². The van der Waals surface area contributed by atoms with Crippen LogP contribution in [0.4, 0.5) is 0 Å². The number of thioether (sulfide) groups is 2. The number of carbonyl (C=O) groups excluding carboxylic acids is 1. The number of rotatable bonds is 7. The molecule has 0 spiro atoms. The number of thiocarbonyl (C=S) groups is 1. The lowest BCUT2D eigenvalue weighted by Crippen LogP contribution is -2.44. The molecule has 1 aromatic carbocycles. The molecular formula is C20H18BrNO4S3. The highest BCUT2D eigenvalue weighted by molar-refractivity contribution is 9.10. The molecule has 1 fully saturated rings. The molecule has 1 atom stereocenters. The maximum Gasteiger partial charge on any atom is 0.326 e. The second kappa shape index (κ2) is 9.51. The number of hydrogen-bond acceptors (Lipinski definition) is 6. The molecule has 2 aromatic rings. The summed E-state index contributed by atoms with van der Waals surface area (Å²) in [6.07, 6.45) is 3.84. The van der Waals surface area contributed by atoms with E-state index in [1.54, 1.807) is 12.1 Å². The van der Waals surface area contributed by atoms with Gasteiger partial charge in [0.05, 0.1) is 4.91 Å². The van der Waals surface area contributed by atoms with E-state index in [1.807, 2.05) is 37.4 Å². The molecule has 0 saturated carbocycles. The molecule has 1 unspecified atom stereocenters. The van der Waals surface area contributed by atoms with Crippen LogP contribution in [0.15, 0.2) is 44.1 Å². The molecular weight excluding hydrogens is 494 g/mol. The van der Waals surface area contributed by atoms with Gasteiger partial charge in [0.2, 0.25) is 0 Å². The van der Waals surface area contributed by atoms with Gasteiger partial charge in [-0.3, -0.25) is 9.69 Å². The van der Waals surface area contributed by atoms with Crippen molar-refractivity contribution >= 4 is 73.9 Å². The number of carboxylic acid groups (broad SMARTS) is 1. The summed E-state index contributed by atoms with van der Waals surface area (Å²) in [4.78, 5) is 26.0. The average Bonchev–Trinajstić information content (AvgIpc) is 3.21. The molecule has 29 heavy (non-hydrogen) atoms. The number of furan rings is 1. The zero-order valence-corrected chi connectivity index (χ0v) is 19.7. The van der Waals surface area contributed by atoms with Gasteiger partial charge in [-0.1, -0.05) is 46.0 Å². The molecule has 3 rings (SSSR count). The van der Waals surface area contributed by atoms with Gasteiger partial charge in [0, 0.05) is 16.1 Å². The van der Waals surface area contributed by atoms with Gasteiger partial charge in [0.15, 0.2) is 0 Å². The van der Waals surface area contributed by atoms with Crippen LogP contribution in [-0.2, 0) is 9.59 Å². The summed E-state index contributed by atoms with van der Waals surface area (Å²) < 4.78 is 7.06. The molecule has 152 valence electrons. The number of aryl methyl sites for hydroxylation is 1. The Morgan fingerprint density at radius 1 is 1.41 bits per heavy atom. The van der Waals surface area contributed by atoms with E-state index in [4.69, 9.17) is 16.6 Å². The maximum absolute atomic E-state index is 12.8. The number of aliphatic carboxylic acids is 1. The fourth-order valence-electron chi connectivity index (χ4n) is 2.87. The van der Waals surface area contributed by atoms with E-state index in [0.29, 0.717) is 28.6 Å². The molecule has 1 aliphatic heterocycles. The van der Waals surface area contributed by atoms with Gasteiger partial charge in [0.1, 0.15) is 21.9 Å². The van der Waals surface area contributed by atoms with Crippen molar-refractivity contribution < 1.29 is 19.1 Å². The first kappa shape index (κ1) is 22.1. The summed E-state index contributed by atoms with van der Waals surface area (Å²) in [7, 11) is 0. The first-order valence-electron chi connectivity index (χ1n) is 8.67. The molecule has 1 N–H and O–H groups in total. The zero-order valence-electron chi connectivity index (χ0n) is 15.7. The van der Waals surface area contributed by atoms with Crippen LogP contribution in [0.1, 0.15) is 17.7 Å². The van der Waals surface area contributed by atoms with Crippen molar-refractivity contribution in [1.82, 2.24) is 4.90 Å². The molecule has 5 nitrogen and oxygen atoms in total. The Bertz CT molecular complexity index is 1000. The molecule has 9 heteroatoms. The Morgan fingerprint density at radius 2 is 2.17 bits per heavy atom. The van der Waals surface area contributed by atoms with Crippen molar-refractivity contribution in [3.8, 4) is 11.3 Å². The van der Waals surface area contributed by atoms with Crippen molar-refractivity contribution in [2.45, 2.75) is 19.4 Å². The van der Waals surface area contributed by atoms with Gasteiger partial charge in [-0.15, -0.1) is 0 Å². The SMILES string of the molecule is CSCCC(C(=O)O)N1C(=O)/C(=C/c2ccc(-c3ccc(C)cc3Br)o2)SC1=S. The van der Waals surface area contributed by atoms with E-state index >= 15 is 0 Å². The van der Waals surface area contributed by atoms with Crippen LogP contribution in [0.2, 0.25) is 0 Å². The number of carboxylic acids is 1. The Kier molecular flexibility index (Phi) is 7.26. The highest BCUT2D eigenvalue weighted by atomic mass is 79.9. The zero-order chi connectivity index (χ0) is 21.1. The molecule has 1 amide bonds. The van der Waals surface area contributed by atoms with Crippen LogP contribution < -0.4 is 0 Å². The quantitative estimate of drug-likeness (QED) is 0.392. The minimum absolute atomic E-state index is 0.253. The fourth-order valence-corrected chi connectivity index (χ4v) is 5.35. The Hall–Kier alpha value is -1.55. The van der Waals surface area contributed by atoms with Crippen LogP contribution in [-0.4, -0.2) is 44.3 Å². The third-order valence-electron chi connectivity index (χ3n) is 4.31. The van der Waals surface area contributed by atoms with Crippen molar-refractivity contribution in [3.63, 3.8) is 0 Å². The normalized spacial score (nSPS) is 16.7. The standard InChI is InChI=1S/C20H18BrNO4S3/c1-11-3-5-13(14(21)9-11)16-6-4-12(26-16)10-17-18(23)22(20(27)29-17)15(19(24)25)7-8-28-2/h3-6,9-10,15H,7-8H2,1-2H3,(H,24,25)/b17-10-. The van der Waals surface area contributed by atoms with Gasteiger partial charge in [0.25, 0.3) is 5.91 Å². The topological polar surface area (TPSA) is 70.8 Å². The predicted octanol–water partition coefficient (Wildman–Crippen LogP) is 5.43. The van der Waals surface area contributed by atoms with Crippen LogP contribution in [0.25, 0.3) is 17.4 Å². The van der Waals surface area contributed by atoms with E-state index in [2.05, 4.69) is 15.9 Å². The predicted molar refractivity (Wildman–Crippen MR) is 126 cm³/mol. The summed E-state index contributed by atoms with van der Waals surface area (Å²) in [6, 6.07) is 8.61. The lowest BCUT2D eigenvalue weighted by atomic mass is 10.1. The number of hydrogen-bond donors (Lipinski definition) is 1. The van der Waals surface area contributed by atoms with E-state index < -0.39 is 17.9 Å². The van der Waals surface area contributed by atoms with Crippen LogP contribution in [0, 0.1) is 6.92 Å². The van der Waals surface area contributed by atoms with Crippen molar-refractivity contribution in [1.29, 1.82) is 0 Å². The van der Waals surface area contributed by atoms with Crippen molar-refractivity contribution in [2.75, 3.05) is 12.0 Å². The van der Waals surface area contributed by atoms with Crippen molar-refractivity contribution in [2.24, 2.45) is 0 Å². The first-order chi connectivity index (χ1) is 13.8. The lowest BCUT2D eigenvalue weighted by Gasteiger charge is -2.22. The first-order valence-corrected chi connectivity index (χ1v) is 12.1. The number of carbonyl (C=O) groups is 2. The van der Waals surface area contributed by atoms with E-state index in [1.165, 1.54) is 16.7 Å². The maximum atomic E-state index is 12.8. The smallest absolute Gasteiger partial charge is 0.326 e. The lowest BCUT2D eigenvalue weighted by molar-refractivity contribution is -0.145. The third-order valence-corrected chi connectivity index (χ3v) is 6.94. The highest BCUT2D eigenvalue weighted by Crippen LogP contribution is 2.36. The molecule has 1 saturated heterocycles. The minimum atomic E-state index is -1.05. The summed E-state index contributed by atoms with van der Waals surface area (Å²) in [6.45, 7) is 2.01. The van der Waals surface area contributed by atoms with Crippen molar-refractivity contribution in [3.05, 3.63) is 51.0 Å². The molecule has 0 aliphatic carbocycles. The second-order valence-electron chi connectivity index (χ2n) is 6.37. The monoisotopic (exact) mass is 511 g/mol. The number of nitrogens with zero attached hydrogens (tertiary/aromatic N) is 1. The van der Waals surface area contributed by atoms with Gasteiger partial charge in [-0.25, -0.2) is 4.79 Å². The summed E-state index contributed by atoms with van der Waals surface area (Å²) in [5, 5.41) is 9.53. The Balaban J connectivity index is 1.84. The summed E-state index contributed by atoms with van der Waals surface area (Å²) in [5.41, 5.74) is 2.04. The molecule has 1 aromatic heterocycles. The summed E-state index contributed by atoms with van der Waals surface area (Å²) in [5.74, 6) is 0.343. The average molecular weight is 512 g/mol. The van der Waals surface area contributed by atoms with Crippen LogP contribution in [0.3, 0.4) is 0 Å².